The van der Waals surface area contributed by atoms with Crippen LogP contribution >= 0.6 is 0 Å². The maximum atomic E-state index is 6.21. The third kappa shape index (κ3) is 7.58. The molecule has 0 aromatic rings. The zero-order chi connectivity index (χ0) is 14.7. The SMILES string of the molecule is COCCCOCCOC1(CNC(C)C)CCCCC1. The monoisotopic (exact) mass is 287 g/mol. The highest BCUT2D eigenvalue weighted by Crippen LogP contribution is 2.31. The lowest BCUT2D eigenvalue weighted by molar-refractivity contribution is -0.0875. The molecule has 120 valence electrons. The van der Waals surface area contributed by atoms with E-state index in [0.717, 1.165) is 26.2 Å². The molecule has 0 radical (unpaired) electrons. The standard InChI is InChI=1S/C16H33NO3/c1-15(2)17-14-16(8-5-4-6-9-16)20-13-12-19-11-7-10-18-3/h15,17H,4-14H2,1-3H3. The Kier molecular flexibility index (Phi) is 9.44. The molecule has 1 saturated carbocycles. The molecule has 1 aliphatic carbocycles. The molecule has 0 aromatic carbocycles. The normalized spacial score (nSPS) is 18.6. The second kappa shape index (κ2) is 10.6. The average molecular weight is 287 g/mol. The number of rotatable bonds is 11. The molecule has 0 atom stereocenters. The van der Waals surface area contributed by atoms with Crippen molar-refractivity contribution in [2.75, 3.05) is 40.1 Å². The summed E-state index contributed by atoms with van der Waals surface area (Å²) in [6.45, 7) is 8.26. The Labute approximate surface area is 124 Å². The molecule has 1 fully saturated rings. The van der Waals surface area contributed by atoms with E-state index in [0.29, 0.717) is 19.3 Å². The van der Waals surface area contributed by atoms with Crippen LogP contribution in [-0.2, 0) is 14.2 Å². The molecule has 1 N–H and O–H groups in total. The smallest absolute Gasteiger partial charge is 0.0807 e. The van der Waals surface area contributed by atoms with E-state index in [9.17, 15) is 0 Å². The van der Waals surface area contributed by atoms with Crippen LogP contribution in [0.15, 0.2) is 0 Å². The van der Waals surface area contributed by atoms with Crippen molar-refractivity contribution in [3.63, 3.8) is 0 Å². The van der Waals surface area contributed by atoms with Gasteiger partial charge in [0.2, 0.25) is 0 Å². The molecule has 0 amide bonds. The maximum Gasteiger partial charge on any atom is 0.0807 e. The van der Waals surface area contributed by atoms with Crippen molar-refractivity contribution in [3.05, 3.63) is 0 Å². The maximum absolute atomic E-state index is 6.21. The highest BCUT2D eigenvalue weighted by atomic mass is 16.5. The Hall–Kier alpha value is -0.160. The van der Waals surface area contributed by atoms with E-state index in [4.69, 9.17) is 14.2 Å². The van der Waals surface area contributed by atoms with Gasteiger partial charge >= 0.3 is 0 Å². The van der Waals surface area contributed by atoms with E-state index in [1.807, 2.05) is 0 Å². The van der Waals surface area contributed by atoms with Crippen molar-refractivity contribution in [2.24, 2.45) is 0 Å². The number of ether oxygens (including phenoxy) is 3. The van der Waals surface area contributed by atoms with E-state index in [-0.39, 0.29) is 5.60 Å². The van der Waals surface area contributed by atoms with Gasteiger partial charge in [-0.1, -0.05) is 33.1 Å². The van der Waals surface area contributed by atoms with Crippen LogP contribution in [0.25, 0.3) is 0 Å². The Bertz CT molecular complexity index is 228. The zero-order valence-electron chi connectivity index (χ0n) is 13.6. The fourth-order valence-electron chi connectivity index (χ4n) is 2.68. The van der Waals surface area contributed by atoms with Crippen molar-refractivity contribution >= 4 is 0 Å². The summed E-state index contributed by atoms with van der Waals surface area (Å²) in [5.74, 6) is 0. The molecule has 0 aliphatic heterocycles. The summed E-state index contributed by atoms with van der Waals surface area (Å²) in [6, 6.07) is 0.516. The highest BCUT2D eigenvalue weighted by Gasteiger charge is 2.32. The second-order valence-electron chi connectivity index (χ2n) is 6.09. The van der Waals surface area contributed by atoms with Crippen LogP contribution in [0.3, 0.4) is 0 Å². The van der Waals surface area contributed by atoms with E-state index >= 15 is 0 Å². The number of methoxy groups -OCH3 is 1. The molecule has 0 unspecified atom stereocenters. The molecule has 4 nitrogen and oxygen atoms in total. The van der Waals surface area contributed by atoms with Crippen LogP contribution in [0, 0.1) is 0 Å². The number of hydrogen-bond donors (Lipinski definition) is 1. The van der Waals surface area contributed by atoms with Crippen LogP contribution in [-0.4, -0.2) is 51.7 Å². The first-order valence-corrected chi connectivity index (χ1v) is 8.12. The first-order chi connectivity index (χ1) is 9.68. The first kappa shape index (κ1) is 17.9. The third-order valence-electron chi connectivity index (χ3n) is 3.87. The van der Waals surface area contributed by atoms with Crippen molar-refractivity contribution in [3.8, 4) is 0 Å². The lowest BCUT2D eigenvalue weighted by Crippen LogP contribution is -2.47. The van der Waals surface area contributed by atoms with Crippen molar-refractivity contribution in [1.29, 1.82) is 0 Å². The van der Waals surface area contributed by atoms with E-state index in [2.05, 4.69) is 19.2 Å². The van der Waals surface area contributed by atoms with E-state index < -0.39 is 0 Å². The van der Waals surface area contributed by atoms with Gasteiger partial charge in [0, 0.05) is 32.9 Å². The van der Waals surface area contributed by atoms with Gasteiger partial charge in [0.25, 0.3) is 0 Å². The Morgan fingerprint density at radius 3 is 2.40 bits per heavy atom. The minimum atomic E-state index is 0.0401. The van der Waals surface area contributed by atoms with Gasteiger partial charge in [-0.15, -0.1) is 0 Å². The van der Waals surface area contributed by atoms with Gasteiger partial charge in [0.1, 0.15) is 0 Å². The Morgan fingerprint density at radius 2 is 1.75 bits per heavy atom. The van der Waals surface area contributed by atoms with E-state index in [1.165, 1.54) is 32.1 Å². The summed E-state index contributed by atoms with van der Waals surface area (Å²) >= 11 is 0. The highest BCUT2D eigenvalue weighted by molar-refractivity contribution is 4.87. The van der Waals surface area contributed by atoms with Crippen LogP contribution in [0.2, 0.25) is 0 Å². The summed E-state index contributed by atoms with van der Waals surface area (Å²) in [7, 11) is 1.72. The lowest BCUT2D eigenvalue weighted by Gasteiger charge is -2.38. The molecule has 1 aliphatic rings. The minimum absolute atomic E-state index is 0.0401. The van der Waals surface area contributed by atoms with Crippen molar-refractivity contribution in [1.82, 2.24) is 5.32 Å². The lowest BCUT2D eigenvalue weighted by atomic mass is 9.84. The molecule has 0 aromatic heterocycles. The first-order valence-electron chi connectivity index (χ1n) is 8.12. The molecule has 0 bridgehead atoms. The summed E-state index contributed by atoms with van der Waals surface area (Å²) in [5.41, 5.74) is 0.0401. The Morgan fingerprint density at radius 1 is 1.00 bits per heavy atom. The van der Waals surface area contributed by atoms with Crippen LogP contribution in [0.4, 0.5) is 0 Å². The van der Waals surface area contributed by atoms with Gasteiger partial charge in [-0.25, -0.2) is 0 Å². The van der Waals surface area contributed by atoms with Gasteiger partial charge in [-0.3, -0.25) is 0 Å². The summed E-state index contributed by atoms with van der Waals surface area (Å²) in [5, 5.41) is 3.54. The molecule has 0 heterocycles. The minimum Gasteiger partial charge on any atom is -0.385 e. The second-order valence-corrected chi connectivity index (χ2v) is 6.09. The van der Waals surface area contributed by atoms with Crippen LogP contribution < -0.4 is 5.32 Å². The number of hydrogen-bond acceptors (Lipinski definition) is 4. The molecule has 1 rings (SSSR count). The Balaban J connectivity index is 2.19. The average Bonchev–Trinajstić information content (AvgIpc) is 2.45. The topological polar surface area (TPSA) is 39.7 Å². The molecule has 0 spiro atoms. The quantitative estimate of drug-likeness (QED) is 0.593. The predicted molar refractivity (Wildman–Crippen MR) is 82.2 cm³/mol. The molecule has 4 heteroatoms. The van der Waals surface area contributed by atoms with Gasteiger partial charge in [-0.05, 0) is 19.3 Å². The zero-order valence-corrected chi connectivity index (χ0v) is 13.6. The van der Waals surface area contributed by atoms with Crippen molar-refractivity contribution in [2.45, 2.75) is 64.0 Å². The molecular formula is C16H33NO3. The van der Waals surface area contributed by atoms with Gasteiger partial charge in [0.15, 0.2) is 0 Å². The summed E-state index contributed by atoms with van der Waals surface area (Å²) < 4.78 is 16.8. The van der Waals surface area contributed by atoms with Crippen LogP contribution in [0.5, 0.6) is 0 Å². The van der Waals surface area contributed by atoms with Crippen molar-refractivity contribution < 1.29 is 14.2 Å². The largest absolute Gasteiger partial charge is 0.385 e. The number of nitrogens with one attached hydrogen (secondary N) is 1. The summed E-state index contributed by atoms with van der Waals surface area (Å²) in [4.78, 5) is 0. The molecule has 0 saturated heterocycles. The van der Waals surface area contributed by atoms with Crippen LogP contribution in [0.1, 0.15) is 52.4 Å². The van der Waals surface area contributed by atoms with E-state index in [1.54, 1.807) is 7.11 Å². The predicted octanol–water partition coefficient (Wildman–Crippen LogP) is 2.76. The summed E-state index contributed by atoms with van der Waals surface area (Å²) in [6.07, 6.45) is 7.23. The third-order valence-corrected chi connectivity index (χ3v) is 3.87. The molecule has 20 heavy (non-hydrogen) atoms. The fourth-order valence-corrected chi connectivity index (χ4v) is 2.68. The van der Waals surface area contributed by atoms with Gasteiger partial charge in [0.05, 0.1) is 18.8 Å². The molecular weight excluding hydrogens is 254 g/mol. The van der Waals surface area contributed by atoms with Gasteiger partial charge < -0.3 is 19.5 Å². The van der Waals surface area contributed by atoms with Gasteiger partial charge in [-0.2, -0.15) is 0 Å². The fraction of sp³-hybridized carbons (Fsp3) is 1.00.